The maximum absolute atomic E-state index is 2.44. The number of fused-ring (bicyclic) bond motifs is 1. The third-order valence-corrected chi connectivity index (χ3v) is 4.85. The van der Waals surface area contributed by atoms with Crippen LogP contribution < -0.4 is 0 Å². The molecule has 1 saturated carbocycles. The van der Waals surface area contributed by atoms with Crippen molar-refractivity contribution in [2.24, 2.45) is 29.6 Å². The molecule has 1 fully saturated rings. The maximum Gasteiger partial charge on any atom is -0.0134 e. The van der Waals surface area contributed by atoms with Crippen molar-refractivity contribution < 1.29 is 0 Å². The molecule has 5 unspecified atom stereocenters. The quantitative estimate of drug-likeness (QED) is 0.540. The van der Waals surface area contributed by atoms with Gasteiger partial charge in [-0.25, -0.2) is 0 Å². The summed E-state index contributed by atoms with van der Waals surface area (Å²) in [4.78, 5) is 0. The van der Waals surface area contributed by atoms with Crippen molar-refractivity contribution in [2.75, 3.05) is 0 Å². The Morgan fingerprint density at radius 1 is 1.00 bits per heavy atom. The zero-order valence-electron chi connectivity index (χ0n) is 9.83. The summed E-state index contributed by atoms with van der Waals surface area (Å²) < 4.78 is 0. The van der Waals surface area contributed by atoms with Gasteiger partial charge in [0.2, 0.25) is 0 Å². The molecule has 0 N–H and O–H groups in total. The second-order valence-electron chi connectivity index (χ2n) is 5.30. The summed E-state index contributed by atoms with van der Waals surface area (Å²) in [7, 11) is 0. The average molecular weight is 190 g/mol. The number of hydrogen-bond acceptors (Lipinski definition) is 0. The fraction of sp³-hybridized carbons (Fsp3) is 0.714. The van der Waals surface area contributed by atoms with Gasteiger partial charge in [0.05, 0.1) is 0 Å². The highest BCUT2D eigenvalue weighted by molar-refractivity contribution is 5.26. The normalized spacial score (nSPS) is 47.1. The molecule has 2 aliphatic rings. The summed E-state index contributed by atoms with van der Waals surface area (Å²) in [6, 6.07) is 0. The van der Waals surface area contributed by atoms with Crippen LogP contribution in [-0.2, 0) is 0 Å². The molecule has 0 aromatic rings. The van der Waals surface area contributed by atoms with Crippen LogP contribution in [0.2, 0.25) is 0 Å². The van der Waals surface area contributed by atoms with Crippen LogP contribution in [-0.4, -0.2) is 0 Å². The predicted octanol–water partition coefficient (Wildman–Crippen LogP) is 4.05. The number of hydrogen-bond donors (Lipinski definition) is 0. The Morgan fingerprint density at radius 2 is 1.71 bits per heavy atom. The molecule has 0 aromatic heterocycles. The molecule has 0 heterocycles. The van der Waals surface area contributed by atoms with E-state index in [9.17, 15) is 0 Å². The van der Waals surface area contributed by atoms with Gasteiger partial charge in [-0.1, -0.05) is 51.5 Å². The van der Waals surface area contributed by atoms with E-state index in [4.69, 9.17) is 0 Å². The summed E-state index contributed by atoms with van der Waals surface area (Å²) in [6.45, 7) is 9.69. The molecular formula is C14H22. The van der Waals surface area contributed by atoms with Crippen LogP contribution in [0.25, 0.3) is 0 Å². The second kappa shape index (κ2) is 3.56. The van der Waals surface area contributed by atoms with Gasteiger partial charge in [0, 0.05) is 0 Å². The van der Waals surface area contributed by atoms with E-state index >= 15 is 0 Å². The minimum atomic E-state index is 0.788. The summed E-state index contributed by atoms with van der Waals surface area (Å²) >= 11 is 0. The van der Waals surface area contributed by atoms with Gasteiger partial charge < -0.3 is 0 Å². The highest BCUT2D eigenvalue weighted by Crippen LogP contribution is 2.47. The van der Waals surface area contributed by atoms with E-state index in [1.54, 1.807) is 5.57 Å². The largest absolute Gasteiger partial charge is 0.0839 e. The molecule has 78 valence electrons. The molecule has 0 heteroatoms. The molecule has 2 rings (SSSR count). The van der Waals surface area contributed by atoms with Crippen molar-refractivity contribution in [2.45, 2.75) is 34.1 Å². The van der Waals surface area contributed by atoms with Gasteiger partial charge >= 0.3 is 0 Å². The topological polar surface area (TPSA) is 0 Å². The first-order chi connectivity index (χ1) is 6.63. The van der Waals surface area contributed by atoms with Crippen molar-refractivity contribution in [3.8, 4) is 0 Å². The summed E-state index contributed by atoms with van der Waals surface area (Å²) in [6.07, 6.45) is 8.23. The molecule has 14 heavy (non-hydrogen) atoms. The van der Waals surface area contributed by atoms with E-state index in [1.807, 2.05) is 0 Å². The van der Waals surface area contributed by atoms with Crippen LogP contribution in [0.5, 0.6) is 0 Å². The van der Waals surface area contributed by atoms with Gasteiger partial charge in [-0.2, -0.15) is 0 Å². The van der Waals surface area contributed by atoms with Crippen LogP contribution in [0, 0.1) is 29.6 Å². The summed E-state index contributed by atoms with van der Waals surface area (Å²) in [5.41, 5.74) is 1.71. The van der Waals surface area contributed by atoms with Gasteiger partial charge in [0.15, 0.2) is 0 Å². The lowest BCUT2D eigenvalue weighted by atomic mass is 9.60. The zero-order valence-corrected chi connectivity index (χ0v) is 9.83. The minimum Gasteiger partial charge on any atom is -0.0839 e. The first-order valence-electron chi connectivity index (χ1n) is 5.99. The van der Waals surface area contributed by atoms with Crippen molar-refractivity contribution in [1.82, 2.24) is 0 Å². The molecule has 0 amide bonds. The molecular weight excluding hydrogens is 168 g/mol. The van der Waals surface area contributed by atoms with Crippen molar-refractivity contribution >= 4 is 0 Å². The van der Waals surface area contributed by atoms with Gasteiger partial charge in [0.1, 0.15) is 0 Å². The van der Waals surface area contributed by atoms with Crippen molar-refractivity contribution in [1.29, 1.82) is 0 Å². The highest BCUT2D eigenvalue weighted by Gasteiger charge is 2.39. The molecule has 0 saturated heterocycles. The fourth-order valence-corrected chi connectivity index (χ4v) is 3.28. The zero-order chi connectivity index (χ0) is 10.3. The first-order valence-corrected chi connectivity index (χ1v) is 5.99. The molecule has 0 aromatic carbocycles. The van der Waals surface area contributed by atoms with E-state index < -0.39 is 0 Å². The van der Waals surface area contributed by atoms with Gasteiger partial charge in [-0.05, 0) is 36.0 Å². The number of allylic oxidation sites excluding steroid dienone is 4. The Hall–Kier alpha value is -0.520. The maximum atomic E-state index is 2.44. The SMILES string of the molecule is CC1C2=CC=CCC2C(C)C(C)C1C. The van der Waals surface area contributed by atoms with Crippen LogP contribution in [0.4, 0.5) is 0 Å². The third-order valence-electron chi connectivity index (χ3n) is 4.85. The van der Waals surface area contributed by atoms with Gasteiger partial charge in [0.25, 0.3) is 0 Å². The van der Waals surface area contributed by atoms with Crippen LogP contribution >= 0.6 is 0 Å². The Balaban J connectivity index is 2.31. The molecule has 5 atom stereocenters. The Morgan fingerprint density at radius 3 is 2.43 bits per heavy atom. The standard InChI is InChI=1S/C14H22/c1-9-10(2)12(4)14-8-6-5-7-13(14)11(9)3/h5-7,9-12,14H,8H2,1-4H3. The second-order valence-corrected chi connectivity index (χ2v) is 5.30. The minimum absolute atomic E-state index is 0.788. The van der Waals surface area contributed by atoms with E-state index in [1.165, 1.54) is 6.42 Å². The Labute approximate surface area is 88.1 Å². The summed E-state index contributed by atoms with van der Waals surface area (Å²) in [5, 5.41) is 0. The average Bonchev–Trinajstić information content (AvgIpc) is 2.23. The summed E-state index contributed by atoms with van der Waals surface area (Å²) in [5.74, 6) is 4.20. The van der Waals surface area contributed by atoms with Crippen molar-refractivity contribution in [3.05, 3.63) is 23.8 Å². The smallest absolute Gasteiger partial charge is 0.0134 e. The molecule has 0 aliphatic heterocycles. The van der Waals surface area contributed by atoms with E-state index in [0.717, 1.165) is 29.6 Å². The lowest BCUT2D eigenvalue weighted by Gasteiger charge is -2.45. The molecule has 0 spiro atoms. The predicted molar refractivity (Wildman–Crippen MR) is 62.0 cm³/mol. The Kier molecular flexibility index (Phi) is 2.55. The van der Waals surface area contributed by atoms with E-state index in [2.05, 4.69) is 45.9 Å². The first kappa shape index (κ1) is 10.0. The van der Waals surface area contributed by atoms with E-state index in [-0.39, 0.29) is 0 Å². The third kappa shape index (κ3) is 1.36. The van der Waals surface area contributed by atoms with Crippen molar-refractivity contribution in [3.63, 3.8) is 0 Å². The van der Waals surface area contributed by atoms with E-state index in [0.29, 0.717) is 0 Å². The van der Waals surface area contributed by atoms with Crippen LogP contribution in [0.1, 0.15) is 34.1 Å². The Bertz CT molecular complexity index is 272. The molecule has 0 bridgehead atoms. The molecule has 0 nitrogen and oxygen atoms in total. The monoisotopic (exact) mass is 190 g/mol. The lowest BCUT2D eigenvalue weighted by Crippen LogP contribution is -2.37. The van der Waals surface area contributed by atoms with Crippen LogP contribution in [0.3, 0.4) is 0 Å². The molecule has 2 aliphatic carbocycles. The fourth-order valence-electron chi connectivity index (χ4n) is 3.28. The van der Waals surface area contributed by atoms with Gasteiger partial charge in [-0.3, -0.25) is 0 Å². The molecule has 0 radical (unpaired) electrons. The van der Waals surface area contributed by atoms with Gasteiger partial charge in [-0.15, -0.1) is 0 Å². The highest BCUT2D eigenvalue weighted by atomic mass is 14.4. The van der Waals surface area contributed by atoms with Crippen LogP contribution in [0.15, 0.2) is 23.8 Å². The lowest BCUT2D eigenvalue weighted by molar-refractivity contribution is 0.132. The number of rotatable bonds is 0.